The number of ether oxygens (including phenoxy) is 3. The third kappa shape index (κ3) is 3.60. The van der Waals surface area contributed by atoms with Crippen LogP contribution in [0.25, 0.3) is 0 Å². The van der Waals surface area contributed by atoms with E-state index in [0.29, 0.717) is 0 Å². The Labute approximate surface area is 144 Å². The minimum Gasteiger partial charge on any atom is -0.394 e. The van der Waals surface area contributed by atoms with Crippen molar-refractivity contribution in [1.29, 1.82) is 0 Å². The summed E-state index contributed by atoms with van der Waals surface area (Å²) >= 11 is 2.90. The van der Waals surface area contributed by atoms with Gasteiger partial charge in [0.2, 0.25) is 0 Å². The Morgan fingerprint density at radius 1 is 0.917 bits per heavy atom. The molecule has 2 rings (SSSR count). The fourth-order valence-corrected chi connectivity index (χ4v) is 3.02. The third-order valence-corrected chi connectivity index (χ3v) is 4.96. The summed E-state index contributed by atoms with van der Waals surface area (Å²) in [5.74, 6) is 0. The molecule has 0 aliphatic carbocycles. The predicted octanol–water partition coefficient (Wildman–Crippen LogP) is -4.67. The van der Waals surface area contributed by atoms with Crippen molar-refractivity contribution in [3.63, 3.8) is 0 Å². The van der Waals surface area contributed by atoms with Gasteiger partial charge in [-0.15, -0.1) is 0 Å². The molecule has 2 aliphatic rings. The van der Waals surface area contributed by atoms with Crippen molar-refractivity contribution in [2.45, 2.75) is 59.8 Å². The van der Waals surface area contributed by atoms with E-state index in [-0.39, 0.29) is 0 Å². The molecule has 2 heterocycles. The molecule has 2 saturated heterocycles. The van der Waals surface area contributed by atoms with Gasteiger partial charge < -0.3 is 55.1 Å². The third-order valence-electron chi connectivity index (χ3n) is 4.05. The first-order valence-electron chi connectivity index (χ1n) is 7.14. The second kappa shape index (κ2) is 7.73. The molecule has 0 bridgehead atoms. The summed E-state index contributed by atoms with van der Waals surface area (Å²) in [6, 6.07) is 0. The van der Waals surface area contributed by atoms with Gasteiger partial charge in [-0.25, -0.2) is 0 Å². The molecular weight excluding hydrogens is 400 g/mol. The molecule has 0 aromatic carbocycles. The highest BCUT2D eigenvalue weighted by Crippen LogP contribution is 2.36. The number of hydrogen-bond donors (Lipinski definition) is 8. The lowest BCUT2D eigenvalue weighted by molar-refractivity contribution is -0.359. The van der Waals surface area contributed by atoms with Crippen molar-refractivity contribution in [2.75, 3.05) is 13.2 Å². The second-order valence-corrected chi connectivity index (χ2v) is 7.03. The number of aliphatic hydroxyl groups excluding tert-OH is 8. The maximum absolute atomic E-state index is 10.00. The molecule has 24 heavy (non-hydrogen) atoms. The van der Waals surface area contributed by atoms with Gasteiger partial charge in [-0.3, -0.25) is 0 Å². The maximum Gasteiger partial charge on any atom is 0.188 e. The lowest BCUT2D eigenvalue weighted by Gasteiger charge is -2.47. The average Bonchev–Trinajstić information content (AvgIpc) is 2.57. The van der Waals surface area contributed by atoms with Crippen molar-refractivity contribution >= 4 is 15.9 Å². The molecule has 0 aromatic heterocycles. The molecule has 2 fully saturated rings. The molecule has 10 atom stereocenters. The molecule has 0 amide bonds. The van der Waals surface area contributed by atoms with E-state index in [2.05, 4.69) is 15.9 Å². The molecule has 8 N–H and O–H groups in total. The van der Waals surface area contributed by atoms with Gasteiger partial charge in [0.05, 0.1) is 13.2 Å². The fraction of sp³-hybridized carbons (Fsp3) is 1.00. The van der Waals surface area contributed by atoms with Gasteiger partial charge in [-0.2, -0.15) is 0 Å². The molecule has 2 aliphatic heterocycles. The molecule has 11 nitrogen and oxygen atoms in total. The minimum atomic E-state index is -1.84. The lowest BCUT2D eigenvalue weighted by atomic mass is 9.97. The Kier molecular flexibility index (Phi) is 6.56. The largest absolute Gasteiger partial charge is 0.394 e. The zero-order valence-electron chi connectivity index (χ0n) is 12.3. The van der Waals surface area contributed by atoms with Crippen molar-refractivity contribution < 1.29 is 55.1 Å². The SMILES string of the molecule is OC[C@H]1O[C@@H](O)[C@H](O)[C@@H](O)[C@@H]1O[C@H]1O[C@@](Br)(CO)[C@H](O)[C@@H](O)[C@H]1O. The van der Waals surface area contributed by atoms with Crippen LogP contribution in [0.1, 0.15) is 0 Å². The molecule has 0 aromatic rings. The molecule has 142 valence electrons. The van der Waals surface area contributed by atoms with E-state index in [1.165, 1.54) is 0 Å². The first kappa shape index (κ1) is 20.4. The normalized spacial score (nSPS) is 53.1. The van der Waals surface area contributed by atoms with Gasteiger partial charge in [0.15, 0.2) is 17.1 Å². The van der Waals surface area contributed by atoms with Crippen molar-refractivity contribution in [2.24, 2.45) is 0 Å². The molecule has 0 spiro atoms. The van der Waals surface area contributed by atoms with Crippen LogP contribution < -0.4 is 0 Å². The average molecular weight is 421 g/mol. The molecule has 12 heteroatoms. The van der Waals surface area contributed by atoms with E-state index in [0.717, 1.165) is 0 Å². The Balaban J connectivity index is 2.18. The second-order valence-electron chi connectivity index (χ2n) is 5.69. The number of rotatable bonds is 4. The quantitative estimate of drug-likeness (QED) is 0.204. The smallest absolute Gasteiger partial charge is 0.188 e. The van der Waals surface area contributed by atoms with Gasteiger partial charge >= 0.3 is 0 Å². The Morgan fingerprint density at radius 2 is 1.54 bits per heavy atom. The van der Waals surface area contributed by atoms with Gasteiger partial charge in [-0.05, 0) is 15.9 Å². The van der Waals surface area contributed by atoms with E-state index in [1.54, 1.807) is 0 Å². The topological polar surface area (TPSA) is 190 Å². The Bertz CT molecular complexity index is 426. The molecule has 0 radical (unpaired) electrons. The van der Waals surface area contributed by atoms with Gasteiger partial charge in [-0.1, -0.05) is 0 Å². The van der Waals surface area contributed by atoms with Crippen LogP contribution >= 0.6 is 15.9 Å². The summed E-state index contributed by atoms with van der Waals surface area (Å²) < 4.78 is 13.6. The summed E-state index contributed by atoms with van der Waals surface area (Å²) in [4.78, 5) is 0. The minimum absolute atomic E-state index is 0.695. The standard InChI is InChI=1S/C12H21BrO11/c13-12(2-15)9(20)5(17)7(19)11(24-12)23-8-3(1-14)22-10(21)6(18)4(8)16/h3-11,14-21H,1-2H2/t3-,4-,5+,6-,7-,8-,9-,10-,11+,12+/m1/s1. The van der Waals surface area contributed by atoms with Crippen molar-refractivity contribution in [3.05, 3.63) is 0 Å². The number of halogens is 1. The monoisotopic (exact) mass is 420 g/mol. The Hall–Kier alpha value is 0.0400. The van der Waals surface area contributed by atoms with Crippen LogP contribution in [0.15, 0.2) is 0 Å². The van der Waals surface area contributed by atoms with Crippen molar-refractivity contribution in [1.82, 2.24) is 0 Å². The highest BCUT2D eigenvalue weighted by Gasteiger charge is 2.55. The zero-order chi connectivity index (χ0) is 18.2. The van der Waals surface area contributed by atoms with Crippen molar-refractivity contribution in [3.8, 4) is 0 Å². The number of hydrogen-bond acceptors (Lipinski definition) is 11. The van der Waals surface area contributed by atoms with Crippen LogP contribution in [-0.2, 0) is 14.2 Å². The summed E-state index contributed by atoms with van der Waals surface area (Å²) in [5.41, 5.74) is 0. The first-order chi connectivity index (χ1) is 11.2. The van der Waals surface area contributed by atoms with Crippen LogP contribution in [0.3, 0.4) is 0 Å². The van der Waals surface area contributed by atoms with Crippen LogP contribution in [0.4, 0.5) is 0 Å². The van der Waals surface area contributed by atoms with E-state index >= 15 is 0 Å². The predicted molar refractivity (Wildman–Crippen MR) is 76.5 cm³/mol. The highest BCUT2D eigenvalue weighted by molar-refractivity contribution is 9.10. The zero-order valence-corrected chi connectivity index (χ0v) is 13.9. The van der Waals surface area contributed by atoms with Gasteiger partial charge in [0.25, 0.3) is 0 Å². The fourth-order valence-electron chi connectivity index (χ4n) is 2.56. The van der Waals surface area contributed by atoms with Crippen LogP contribution in [0, 0.1) is 0 Å². The summed E-state index contributed by atoms with van der Waals surface area (Å²) in [7, 11) is 0. The highest BCUT2D eigenvalue weighted by atomic mass is 79.9. The molecular formula is C12H21BrO11. The van der Waals surface area contributed by atoms with Crippen LogP contribution in [0.2, 0.25) is 0 Å². The maximum atomic E-state index is 10.00. The van der Waals surface area contributed by atoms with Crippen LogP contribution in [0.5, 0.6) is 0 Å². The number of aliphatic hydroxyl groups is 8. The summed E-state index contributed by atoms with van der Waals surface area (Å²) in [5, 5.41) is 77.3. The van der Waals surface area contributed by atoms with Gasteiger partial charge in [0, 0.05) is 0 Å². The molecule has 0 unspecified atom stereocenters. The van der Waals surface area contributed by atoms with Gasteiger partial charge in [0.1, 0.15) is 42.7 Å². The van der Waals surface area contributed by atoms with E-state index in [4.69, 9.17) is 14.2 Å². The first-order valence-corrected chi connectivity index (χ1v) is 7.93. The van der Waals surface area contributed by atoms with E-state index in [9.17, 15) is 40.9 Å². The Morgan fingerprint density at radius 3 is 2.08 bits per heavy atom. The van der Waals surface area contributed by atoms with E-state index < -0.39 is 73.0 Å². The molecule has 0 saturated carbocycles. The number of alkyl halides is 1. The summed E-state index contributed by atoms with van der Waals surface area (Å²) in [6.45, 7) is -1.48. The summed E-state index contributed by atoms with van der Waals surface area (Å²) in [6.07, 6.45) is -14.8. The lowest BCUT2D eigenvalue weighted by Crippen LogP contribution is -2.66. The van der Waals surface area contributed by atoms with Crippen LogP contribution in [-0.4, -0.2) is 114 Å². The van der Waals surface area contributed by atoms with E-state index in [1.807, 2.05) is 0 Å².